The standard InChI is InChI=1S/C10H3Cl2FN4O2S/c11-3-1-2-4-6(16-20-15-4)7(3)17-9(18)5(13)8(12)14-10(17)19/h1-2H,(H,14,19). The summed E-state index contributed by atoms with van der Waals surface area (Å²) in [6.45, 7) is 0. The quantitative estimate of drug-likeness (QED) is 0.691. The molecule has 0 unspecified atom stereocenters. The van der Waals surface area contributed by atoms with Crippen molar-refractivity contribution in [3.05, 3.63) is 49.0 Å². The molecule has 3 aromatic rings. The molecule has 1 N–H and O–H groups in total. The van der Waals surface area contributed by atoms with Crippen LogP contribution in [0.2, 0.25) is 10.2 Å². The fourth-order valence-electron chi connectivity index (χ4n) is 1.72. The molecule has 0 fully saturated rings. The molecule has 0 spiro atoms. The summed E-state index contributed by atoms with van der Waals surface area (Å²) in [5.41, 5.74) is -1.47. The first-order valence-corrected chi connectivity index (χ1v) is 6.61. The number of fused-ring (bicyclic) bond motifs is 1. The molecular formula is C10H3Cl2FN4O2S. The van der Waals surface area contributed by atoms with Crippen molar-refractivity contribution < 1.29 is 4.39 Å². The number of H-pyrrole nitrogens is 1. The average Bonchev–Trinajstić information content (AvgIpc) is 2.87. The number of rotatable bonds is 1. The van der Waals surface area contributed by atoms with Gasteiger partial charge in [0.1, 0.15) is 16.7 Å². The van der Waals surface area contributed by atoms with Gasteiger partial charge >= 0.3 is 5.69 Å². The van der Waals surface area contributed by atoms with E-state index in [2.05, 4.69) is 8.75 Å². The maximum Gasteiger partial charge on any atom is 0.334 e. The van der Waals surface area contributed by atoms with Crippen molar-refractivity contribution in [1.82, 2.24) is 18.3 Å². The number of nitrogens with zero attached hydrogens (tertiary/aromatic N) is 3. The number of hydrogen-bond acceptors (Lipinski definition) is 5. The summed E-state index contributed by atoms with van der Waals surface area (Å²) in [6.07, 6.45) is 0. The minimum Gasteiger partial charge on any atom is -0.295 e. The molecule has 3 rings (SSSR count). The monoisotopic (exact) mass is 332 g/mol. The summed E-state index contributed by atoms with van der Waals surface area (Å²) in [7, 11) is 0. The predicted molar refractivity (Wildman–Crippen MR) is 73.6 cm³/mol. The van der Waals surface area contributed by atoms with E-state index in [-0.39, 0.29) is 16.2 Å². The maximum atomic E-state index is 13.6. The van der Waals surface area contributed by atoms with Gasteiger partial charge in [-0.25, -0.2) is 9.36 Å². The van der Waals surface area contributed by atoms with E-state index in [1.807, 2.05) is 4.98 Å². The first-order chi connectivity index (χ1) is 9.50. The zero-order valence-electron chi connectivity index (χ0n) is 9.35. The molecular weight excluding hydrogens is 330 g/mol. The van der Waals surface area contributed by atoms with Crippen LogP contribution in [0.15, 0.2) is 21.7 Å². The van der Waals surface area contributed by atoms with Crippen LogP contribution in [-0.2, 0) is 0 Å². The summed E-state index contributed by atoms with van der Waals surface area (Å²) in [4.78, 5) is 25.8. The van der Waals surface area contributed by atoms with E-state index < -0.39 is 22.2 Å². The van der Waals surface area contributed by atoms with Gasteiger partial charge in [0.25, 0.3) is 5.56 Å². The molecule has 0 radical (unpaired) electrons. The van der Waals surface area contributed by atoms with Gasteiger partial charge in [0.15, 0.2) is 5.15 Å². The summed E-state index contributed by atoms with van der Waals surface area (Å²) in [5, 5.41) is -0.588. The average molecular weight is 333 g/mol. The number of halogens is 3. The molecule has 0 saturated carbocycles. The van der Waals surface area contributed by atoms with Crippen LogP contribution in [0.4, 0.5) is 4.39 Å². The van der Waals surface area contributed by atoms with Crippen molar-refractivity contribution in [2.75, 3.05) is 0 Å². The Bertz CT molecular complexity index is 949. The van der Waals surface area contributed by atoms with E-state index >= 15 is 0 Å². The summed E-state index contributed by atoms with van der Waals surface area (Å²) < 4.78 is 22.1. The van der Waals surface area contributed by atoms with Crippen molar-refractivity contribution >= 4 is 46.0 Å². The number of aromatic amines is 1. The molecule has 1 aromatic carbocycles. The third kappa shape index (κ3) is 1.84. The Morgan fingerprint density at radius 2 is 2.00 bits per heavy atom. The van der Waals surface area contributed by atoms with Crippen LogP contribution in [0.5, 0.6) is 0 Å². The van der Waals surface area contributed by atoms with Crippen molar-refractivity contribution in [2.24, 2.45) is 0 Å². The fourth-order valence-corrected chi connectivity index (χ4v) is 2.65. The summed E-state index contributed by atoms with van der Waals surface area (Å²) >= 11 is 12.3. The second-order valence-corrected chi connectivity index (χ2v) is 5.04. The van der Waals surface area contributed by atoms with Crippen LogP contribution >= 0.6 is 34.9 Å². The lowest BCUT2D eigenvalue weighted by molar-refractivity contribution is 0.585. The predicted octanol–water partition coefficient (Wildman–Crippen LogP) is 1.98. The molecule has 0 bridgehead atoms. The second-order valence-electron chi connectivity index (χ2n) is 3.73. The molecule has 0 aliphatic heterocycles. The normalized spacial score (nSPS) is 11.2. The topological polar surface area (TPSA) is 80.6 Å². The third-order valence-corrected chi connectivity index (χ3v) is 3.69. The highest BCUT2D eigenvalue weighted by molar-refractivity contribution is 7.00. The Labute approximate surface area is 123 Å². The highest BCUT2D eigenvalue weighted by Crippen LogP contribution is 2.26. The zero-order chi connectivity index (χ0) is 14.4. The van der Waals surface area contributed by atoms with Gasteiger partial charge in [0.05, 0.1) is 16.8 Å². The van der Waals surface area contributed by atoms with E-state index in [0.717, 1.165) is 11.7 Å². The molecule has 2 heterocycles. The minimum atomic E-state index is -1.28. The molecule has 0 atom stereocenters. The Hall–Kier alpha value is -1.77. The van der Waals surface area contributed by atoms with Crippen LogP contribution in [0.25, 0.3) is 16.7 Å². The highest BCUT2D eigenvalue weighted by Gasteiger charge is 2.19. The van der Waals surface area contributed by atoms with Crippen LogP contribution in [-0.4, -0.2) is 18.3 Å². The molecule has 2 aromatic heterocycles. The van der Waals surface area contributed by atoms with Gasteiger partial charge in [-0.1, -0.05) is 23.2 Å². The Kier molecular flexibility index (Phi) is 3.08. The summed E-state index contributed by atoms with van der Waals surface area (Å²) in [5.74, 6) is -1.28. The number of nitrogens with one attached hydrogen (secondary N) is 1. The van der Waals surface area contributed by atoms with Crippen LogP contribution in [0, 0.1) is 5.82 Å². The zero-order valence-corrected chi connectivity index (χ0v) is 11.7. The first kappa shape index (κ1) is 13.2. The number of aromatic nitrogens is 4. The van der Waals surface area contributed by atoms with Gasteiger partial charge in [-0.05, 0) is 12.1 Å². The minimum absolute atomic E-state index is 0.0280. The largest absolute Gasteiger partial charge is 0.334 e. The number of benzene rings is 1. The first-order valence-electron chi connectivity index (χ1n) is 5.12. The van der Waals surface area contributed by atoms with Gasteiger partial charge in [-0.15, -0.1) is 0 Å². The van der Waals surface area contributed by atoms with Crippen LogP contribution < -0.4 is 11.2 Å². The van der Waals surface area contributed by atoms with Crippen molar-refractivity contribution in [2.45, 2.75) is 0 Å². The van der Waals surface area contributed by atoms with Gasteiger partial charge in [-0.2, -0.15) is 13.1 Å². The molecule has 10 heteroatoms. The summed E-state index contributed by atoms with van der Waals surface area (Å²) in [6, 6.07) is 3.02. The highest BCUT2D eigenvalue weighted by atomic mass is 35.5. The third-order valence-electron chi connectivity index (χ3n) is 2.58. The molecule has 0 saturated heterocycles. The van der Waals surface area contributed by atoms with Gasteiger partial charge < -0.3 is 0 Å². The van der Waals surface area contributed by atoms with Crippen LogP contribution in [0.1, 0.15) is 0 Å². The second kappa shape index (κ2) is 4.65. The van der Waals surface area contributed by atoms with E-state index in [4.69, 9.17) is 23.2 Å². The fraction of sp³-hybridized carbons (Fsp3) is 0. The van der Waals surface area contributed by atoms with E-state index in [1.165, 1.54) is 6.07 Å². The lowest BCUT2D eigenvalue weighted by Gasteiger charge is -2.07. The van der Waals surface area contributed by atoms with E-state index in [9.17, 15) is 14.0 Å². The van der Waals surface area contributed by atoms with Gasteiger partial charge in [-0.3, -0.25) is 9.78 Å². The molecule has 0 amide bonds. The van der Waals surface area contributed by atoms with Crippen molar-refractivity contribution in [3.8, 4) is 5.69 Å². The van der Waals surface area contributed by atoms with Crippen molar-refractivity contribution in [3.63, 3.8) is 0 Å². The van der Waals surface area contributed by atoms with Crippen molar-refractivity contribution in [1.29, 1.82) is 0 Å². The van der Waals surface area contributed by atoms with Gasteiger partial charge in [0.2, 0.25) is 5.82 Å². The molecule has 0 aliphatic rings. The number of hydrogen-bond donors (Lipinski definition) is 1. The van der Waals surface area contributed by atoms with Gasteiger partial charge in [0, 0.05) is 0 Å². The Morgan fingerprint density at radius 1 is 1.25 bits per heavy atom. The SMILES string of the molecule is O=c1[nH]c(Cl)c(F)c(=O)n1-c1c(Cl)ccc2nsnc12. The lowest BCUT2D eigenvalue weighted by atomic mass is 10.2. The Balaban J connectivity index is 2.52. The van der Waals surface area contributed by atoms with E-state index in [0.29, 0.717) is 10.1 Å². The maximum absolute atomic E-state index is 13.6. The molecule has 20 heavy (non-hydrogen) atoms. The lowest BCUT2D eigenvalue weighted by Crippen LogP contribution is -2.36. The molecule has 0 aliphatic carbocycles. The smallest absolute Gasteiger partial charge is 0.295 e. The molecule has 102 valence electrons. The van der Waals surface area contributed by atoms with Crippen LogP contribution in [0.3, 0.4) is 0 Å². The van der Waals surface area contributed by atoms with E-state index in [1.54, 1.807) is 6.07 Å². The Morgan fingerprint density at radius 3 is 2.75 bits per heavy atom. The molecule has 6 nitrogen and oxygen atoms in total.